The average molecular weight is 282 g/mol. The second-order valence-corrected chi connectivity index (χ2v) is 5.72. The molecule has 1 aromatic carbocycles. The lowest BCUT2D eigenvalue weighted by molar-refractivity contribution is -0.142. The van der Waals surface area contributed by atoms with Crippen LogP contribution in [0.4, 0.5) is 0 Å². The highest BCUT2D eigenvalue weighted by molar-refractivity contribution is 8.00. The van der Waals surface area contributed by atoms with Crippen molar-refractivity contribution in [2.24, 2.45) is 0 Å². The van der Waals surface area contributed by atoms with Crippen LogP contribution >= 0.6 is 11.8 Å². The number of aromatic hydroxyl groups is 1. The molecule has 1 atom stereocenters. The summed E-state index contributed by atoms with van der Waals surface area (Å²) in [5.41, 5.74) is 1.99. The number of aliphatic carboxylic acids is 1. The summed E-state index contributed by atoms with van der Waals surface area (Å²) in [5.74, 6) is -1.00. The Kier molecular flexibility index (Phi) is 3.45. The van der Waals surface area contributed by atoms with Gasteiger partial charge in [0.25, 0.3) is 0 Å². The minimum Gasteiger partial charge on any atom is -0.507 e. The molecule has 1 heterocycles. The van der Waals surface area contributed by atoms with Crippen LogP contribution in [0.3, 0.4) is 0 Å². The van der Waals surface area contributed by atoms with Gasteiger partial charge in [0.15, 0.2) is 0 Å². The molecule has 1 aromatic rings. The number of fused-ring (bicyclic) bond motifs is 1. The van der Waals surface area contributed by atoms with Crippen LogP contribution in [0.25, 0.3) is 0 Å². The van der Waals surface area contributed by atoms with Gasteiger partial charge in [-0.25, -0.2) is 0 Å². The number of benzene rings is 1. The molecule has 1 unspecified atom stereocenters. The van der Waals surface area contributed by atoms with Crippen molar-refractivity contribution in [1.29, 1.82) is 0 Å². The molecule has 1 aliphatic rings. The van der Waals surface area contributed by atoms with Crippen molar-refractivity contribution in [2.45, 2.75) is 37.3 Å². The van der Waals surface area contributed by atoms with Gasteiger partial charge in [-0.15, -0.1) is 11.8 Å². The number of hydrogen-bond acceptors (Lipinski definition) is 5. The number of carbonyl (C=O) groups excluding carboxylic acids is 1. The summed E-state index contributed by atoms with van der Waals surface area (Å²) in [6, 6.07) is 0. The van der Waals surface area contributed by atoms with E-state index in [4.69, 9.17) is 9.84 Å². The third-order valence-electron chi connectivity index (χ3n) is 3.25. The molecule has 0 aliphatic carbocycles. The minimum absolute atomic E-state index is 0.163. The monoisotopic (exact) mass is 282 g/mol. The zero-order valence-electron chi connectivity index (χ0n) is 10.8. The number of phenolic OH excluding ortho intramolecular Hbond substituents is 1. The largest absolute Gasteiger partial charge is 0.507 e. The summed E-state index contributed by atoms with van der Waals surface area (Å²) in [5, 5.41) is 18.0. The zero-order chi connectivity index (χ0) is 14.3. The SMILES string of the molecule is Cc1c(C)c2c(c(C)c1O)SC(CC(=O)O)C(=O)O2. The number of thioether (sulfide) groups is 1. The first-order valence-corrected chi connectivity index (χ1v) is 6.63. The lowest BCUT2D eigenvalue weighted by atomic mass is 10.0. The van der Waals surface area contributed by atoms with Crippen molar-refractivity contribution in [2.75, 3.05) is 0 Å². The van der Waals surface area contributed by atoms with Gasteiger partial charge in [-0.05, 0) is 31.9 Å². The average Bonchev–Trinajstić information content (AvgIpc) is 2.35. The normalized spacial score (nSPS) is 17.8. The maximum Gasteiger partial charge on any atom is 0.325 e. The van der Waals surface area contributed by atoms with E-state index in [2.05, 4.69) is 0 Å². The molecule has 0 saturated heterocycles. The first-order valence-electron chi connectivity index (χ1n) is 5.75. The minimum atomic E-state index is -1.05. The number of carboxylic acid groups (broad SMARTS) is 1. The summed E-state index contributed by atoms with van der Waals surface area (Å²) >= 11 is 1.14. The maximum atomic E-state index is 11.8. The highest BCUT2D eigenvalue weighted by Crippen LogP contribution is 2.47. The lowest BCUT2D eigenvalue weighted by Crippen LogP contribution is -2.29. The van der Waals surface area contributed by atoms with E-state index < -0.39 is 17.2 Å². The van der Waals surface area contributed by atoms with Crippen molar-refractivity contribution >= 4 is 23.7 Å². The van der Waals surface area contributed by atoms with Crippen LogP contribution < -0.4 is 4.74 Å². The summed E-state index contributed by atoms with van der Waals surface area (Å²) in [7, 11) is 0. The Labute approximate surface area is 114 Å². The Hall–Kier alpha value is -1.69. The van der Waals surface area contributed by atoms with Gasteiger partial charge < -0.3 is 14.9 Å². The van der Waals surface area contributed by atoms with E-state index in [1.54, 1.807) is 20.8 Å². The van der Waals surface area contributed by atoms with Crippen LogP contribution in [0.1, 0.15) is 23.1 Å². The van der Waals surface area contributed by atoms with Crippen molar-refractivity contribution in [1.82, 2.24) is 0 Å². The number of carbonyl (C=O) groups is 2. The van der Waals surface area contributed by atoms with Gasteiger partial charge in [0.05, 0.1) is 11.3 Å². The molecule has 0 spiro atoms. The molecule has 2 N–H and O–H groups in total. The molecule has 5 nitrogen and oxygen atoms in total. The molecule has 102 valence electrons. The topological polar surface area (TPSA) is 83.8 Å². The number of esters is 1. The summed E-state index contributed by atoms with van der Waals surface area (Å²) in [6.45, 7) is 5.24. The predicted octanol–water partition coefficient (Wildman–Crippen LogP) is 2.17. The standard InChI is InChI=1S/C13H14O5S/c1-5-6(2)11-12(7(3)10(5)16)19-8(4-9(14)15)13(17)18-11/h8,16H,4H2,1-3H3,(H,14,15). The van der Waals surface area contributed by atoms with E-state index in [-0.39, 0.29) is 12.2 Å². The van der Waals surface area contributed by atoms with Crippen molar-refractivity contribution in [3.8, 4) is 11.5 Å². The van der Waals surface area contributed by atoms with E-state index in [0.717, 1.165) is 11.8 Å². The second-order valence-electron chi connectivity index (χ2n) is 4.51. The first kappa shape index (κ1) is 13.7. The van der Waals surface area contributed by atoms with Gasteiger partial charge in [-0.3, -0.25) is 9.59 Å². The van der Waals surface area contributed by atoms with Crippen molar-refractivity contribution < 1.29 is 24.5 Å². The fourth-order valence-electron chi connectivity index (χ4n) is 1.98. The molecule has 0 radical (unpaired) electrons. The molecular weight excluding hydrogens is 268 g/mol. The Bertz CT molecular complexity index is 579. The molecule has 1 aliphatic heterocycles. The molecule has 0 amide bonds. The first-order chi connectivity index (χ1) is 8.82. The fourth-order valence-corrected chi connectivity index (χ4v) is 3.21. The van der Waals surface area contributed by atoms with Crippen molar-refractivity contribution in [3.63, 3.8) is 0 Å². The number of hydrogen-bond donors (Lipinski definition) is 2. The highest BCUT2D eigenvalue weighted by atomic mass is 32.2. The van der Waals surface area contributed by atoms with Gasteiger partial charge in [-0.2, -0.15) is 0 Å². The molecule has 0 fully saturated rings. The van der Waals surface area contributed by atoms with Crippen LogP contribution in [-0.4, -0.2) is 27.4 Å². The van der Waals surface area contributed by atoms with Gasteiger partial charge in [0, 0.05) is 5.56 Å². The molecule has 0 aromatic heterocycles. The van der Waals surface area contributed by atoms with E-state index >= 15 is 0 Å². The molecule has 0 saturated carbocycles. The number of carboxylic acids is 1. The van der Waals surface area contributed by atoms with Gasteiger partial charge in [-0.1, -0.05) is 0 Å². The quantitative estimate of drug-likeness (QED) is 0.639. The van der Waals surface area contributed by atoms with Crippen LogP contribution in [-0.2, 0) is 9.59 Å². The Morgan fingerprint density at radius 3 is 2.47 bits per heavy atom. The number of ether oxygens (including phenoxy) is 1. The highest BCUT2D eigenvalue weighted by Gasteiger charge is 2.34. The van der Waals surface area contributed by atoms with E-state index in [0.29, 0.717) is 27.3 Å². The Morgan fingerprint density at radius 2 is 1.89 bits per heavy atom. The van der Waals surface area contributed by atoms with E-state index in [1.165, 1.54) is 0 Å². The van der Waals surface area contributed by atoms with Gasteiger partial charge >= 0.3 is 11.9 Å². The number of phenols is 1. The van der Waals surface area contributed by atoms with E-state index in [1.807, 2.05) is 0 Å². The molecular formula is C13H14O5S. The molecule has 0 bridgehead atoms. The number of rotatable bonds is 2. The maximum absolute atomic E-state index is 11.8. The molecule has 6 heteroatoms. The summed E-state index contributed by atoms with van der Waals surface area (Å²) < 4.78 is 5.26. The zero-order valence-corrected chi connectivity index (χ0v) is 11.6. The van der Waals surface area contributed by atoms with Crippen LogP contribution in [0, 0.1) is 20.8 Å². The Balaban J connectivity index is 2.50. The Morgan fingerprint density at radius 1 is 1.26 bits per heavy atom. The van der Waals surface area contributed by atoms with E-state index in [9.17, 15) is 14.7 Å². The van der Waals surface area contributed by atoms with Gasteiger partial charge in [0.2, 0.25) is 0 Å². The van der Waals surface area contributed by atoms with Gasteiger partial charge in [0.1, 0.15) is 16.7 Å². The lowest BCUT2D eigenvalue weighted by Gasteiger charge is -2.26. The smallest absolute Gasteiger partial charge is 0.325 e. The summed E-state index contributed by atoms with van der Waals surface area (Å²) in [4.78, 5) is 23.2. The summed E-state index contributed by atoms with van der Waals surface area (Å²) in [6.07, 6.45) is -0.296. The van der Waals surface area contributed by atoms with Crippen LogP contribution in [0.15, 0.2) is 4.90 Å². The molecule has 19 heavy (non-hydrogen) atoms. The third-order valence-corrected chi connectivity index (χ3v) is 4.62. The van der Waals surface area contributed by atoms with Crippen molar-refractivity contribution in [3.05, 3.63) is 16.7 Å². The fraction of sp³-hybridized carbons (Fsp3) is 0.385. The molecule has 2 rings (SSSR count). The second kappa shape index (κ2) is 4.77. The third kappa shape index (κ3) is 2.28. The van der Waals surface area contributed by atoms with Crippen LogP contribution in [0.5, 0.6) is 11.5 Å². The van der Waals surface area contributed by atoms with Crippen LogP contribution in [0.2, 0.25) is 0 Å². The predicted molar refractivity (Wildman–Crippen MR) is 69.9 cm³/mol.